The molecule has 3 aliphatic rings. The molecule has 6 heteroatoms. The lowest BCUT2D eigenvalue weighted by molar-refractivity contribution is -0.900. The van der Waals surface area contributed by atoms with E-state index in [-0.39, 0.29) is 30.0 Å². The summed E-state index contributed by atoms with van der Waals surface area (Å²) in [4.78, 5) is 28.3. The minimum Gasteiger partial charge on any atom is -0.329 e. The van der Waals surface area contributed by atoms with Crippen LogP contribution in [-0.2, 0) is 11.2 Å². The van der Waals surface area contributed by atoms with Crippen molar-refractivity contribution in [3.8, 4) is 0 Å². The van der Waals surface area contributed by atoms with E-state index in [1.54, 1.807) is 24.3 Å². The minimum absolute atomic E-state index is 0.0106. The van der Waals surface area contributed by atoms with E-state index in [0.29, 0.717) is 23.6 Å². The zero-order chi connectivity index (χ0) is 21.8. The highest BCUT2D eigenvalue weighted by molar-refractivity contribution is 6.31. The molecular formula is C25H27ClFN2O2+. The number of rotatable bonds is 3. The van der Waals surface area contributed by atoms with Crippen LogP contribution in [0.4, 0.5) is 4.39 Å². The fourth-order valence-electron chi connectivity index (χ4n) is 5.73. The number of benzene rings is 2. The molecule has 162 valence electrons. The number of halogens is 2. The maximum Gasteiger partial charge on any atom is 0.231 e. The first-order valence-electron chi connectivity index (χ1n) is 11.1. The lowest BCUT2D eigenvalue weighted by atomic mass is 9.89. The van der Waals surface area contributed by atoms with Gasteiger partial charge in [0.05, 0.1) is 26.1 Å². The Hall–Kier alpha value is -2.24. The molecule has 5 rings (SSSR count). The third-order valence-corrected chi connectivity index (χ3v) is 7.62. The molecule has 1 aliphatic carbocycles. The van der Waals surface area contributed by atoms with E-state index in [1.165, 1.54) is 18.9 Å². The predicted octanol–water partition coefficient (Wildman–Crippen LogP) is 4.52. The summed E-state index contributed by atoms with van der Waals surface area (Å²) in [5, 5.41) is 0.531. The largest absolute Gasteiger partial charge is 0.329 e. The van der Waals surface area contributed by atoms with Gasteiger partial charge in [0.15, 0.2) is 5.78 Å². The number of nitrogens with zero attached hydrogens (tertiary/aromatic N) is 2. The molecule has 2 atom stereocenters. The van der Waals surface area contributed by atoms with Crippen molar-refractivity contribution in [1.29, 1.82) is 0 Å². The third kappa shape index (κ3) is 3.68. The molecule has 2 aromatic carbocycles. The molecule has 1 amide bonds. The lowest BCUT2D eigenvalue weighted by Crippen LogP contribution is -2.52. The Bertz CT molecular complexity index is 1060. The topological polar surface area (TPSA) is 37.4 Å². The van der Waals surface area contributed by atoms with Crippen LogP contribution in [0.15, 0.2) is 36.4 Å². The summed E-state index contributed by atoms with van der Waals surface area (Å²) in [6.45, 7) is 3.50. The first-order chi connectivity index (χ1) is 14.8. The van der Waals surface area contributed by atoms with Gasteiger partial charge >= 0.3 is 0 Å². The standard InChI is InChI=1S/C25H27ClFN2O2/c1-29(10-2-3-11-29)15-23-20-13-18(27)6-4-16(20)8-9-28(23)25(31)22-14-24(30)19-7-5-17(26)12-21(19)22/h4-7,12-13,22-23H,2-3,8-11,14-15H2,1H3/q+1. The Morgan fingerprint density at radius 1 is 1.16 bits per heavy atom. The summed E-state index contributed by atoms with van der Waals surface area (Å²) in [7, 11) is 2.23. The van der Waals surface area contributed by atoms with Gasteiger partial charge in [-0.05, 0) is 53.4 Å². The second-order valence-electron chi connectivity index (χ2n) is 9.51. The van der Waals surface area contributed by atoms with Gasteiger partial charge in [0.2, 0.25) is 5.91 Å². The molecule has 2 unspecified atom stereocenters. The number of hydrogen-bond acceptors (Lipinski definition) is 2. The van der Waals surface area contributed by atoms with Crippen molar-refractivity contribution in [2.24, 2.45) is 0 Å². The monoisotopic (exact) mass is 441 g/mol. The Morgan fingerprint density at radius 3 is 2.71 bits per heavy atom. The van der Waals surface area contributed by atoms with Gasteiger partial charge in [-0.25, -0.2) is 4.39 Å². The molecule has 2 aliphatic heterocycles. The van der Waals surface area contributed by atoms with Crippen LogP contribution in [0.1, 0.15) is 58.3 Å². The highest BCUT2D eigenvalue weighted by atomic mass is 35.5. The van der Waals surface area contributed by atoms with E-state index in [0.717, 1.165) is 40.8 Å². The molecule has 0 N–H and O–H groups in total. The van der Waals surface area contributed by atoms with Crippen molar-refractivity contribution in [2.75, 3.05) is 33.2 Å². The summed E-state index contributed by atoms with van der Waals surface area (Å²) in [5.74, 6) is -0.832. The Balaban J connectivity index is 1.52. The van der Waals surface area contributed by atoms with Crippen LogP contribution in [0, 0.1) is 5.82 Å². The summed E-state index contributed by atoms with van der Waals surface area (Å²) in [6.07, 6.45) is 3.23. The molecule has 0 aromatic heterocycles. The molecule has 0 saturated carbocycles. The van der Waals surface area contributed by atoms with Crippen LogP contribution in [-0.4, -0.2) is 54.3 Å². The van der Waals surface area contributed by atoms with Crippen molar-refractivity contribution in [3.63, 3.8) is 0 Å². The smallest absolute Gasteiger partial charge is 0.231 e. The number of Topliss-reactive ketones (excluding diaryl/α,β-unsaturated/α-hetero) is 1. The van der Waals surface area contributed by atoms with E-state index in [9.17, 15) is 14.0 Å². The fourth-order valence-corrected chi connectivity index (χ4v) is 5.91. The second-order valence-corrected chi connectivity index (χ2v) is 9.94. The molecule has 0 radical (unpaired) electrons. The number of carbonyl (C=O) groups is 2. The molecule has 31 heavy (non-hydrogen) atoms. The SMILES string of the molecule is C[N+]1(CC2c3cc(F)ccc3CCN2C(=O)C2CC(=O)c3ccc(Cl)cc32)CCCC1. The maximum absolute atomic E-state index is 14.2. The normalized spacial score (nSPS) is 24.2. The predicted molar refractivity (Wildman–Crippen MR) is 118 cm³/mol. The number of likely N-dealkylation sites (N-methyl/N-ethyl adjacent to an activating group) is 1. The van der Waals surface area contributed by atoms with Crippen LogP contribution in [0.2, 0.25) is 5.02 Å². The number of likely N-dealkylation sites (tertiary alicyclic amines) is 1. The van der Waals surface area contributed by atoms with E-state index >= 15 is 0 Å². The number of fused-ring (bicyclic) bond motifs is 2. The zero-order valence-electron chi connectivity index (χ0n) is 17.7. The van der Waals surface area contributed by atoms with Crippen molar-refractivity contribution >= 4 is 23.3 Å². The van der Waals surface area contributed by atoms with Gasteiger partial charge in [0.1, 0.15) is 18.4 Å². The van der Waals surface area contributed by atoms with Crippen molar-refractivity contribution in [2.45, 2.75) is 37.6 Å². The number of quaternary nitrogens is 1. The van der Waals surface area contributed by atoms with Crippen LogP contribution in [0.25, 0.3) is 0 Å². The Labute approximate surface area is 187 Å². The summed E-state index contributed by atoms with van der Waals surface area (Å²) >= 11 is 6.19. The van der Waals surface area contributed by atoms with E-state index in [2.05, 4.69) is 7.05 Å². The molecule has 4 nitrogen and oxygen atoms in total. The van der Waals surface area contributed by atoms with Crippen molar-refractivity contribution in [3.05, 3.63) is 69.5 Å². The summed E-state index contributed by atoms with van der Waals surface area (Å²) < 4.78 is 15.1. The molecule has 0 spiro atoms. The van der Waals surface area contributed by atoms with Crippen LogP contribution in [0.3, 0.4) is 0 Å². The zero-order valence-corrected chi connectivity index (χ0v) is 18.5. The average molecular weight is 442 g/mol. The van der Waals surface area contributed by atoms with Crippen molar-refractivity contribution in [1.82, 2.24) is 4.90 Å². The van der Waals surface area contributed by atoms with Gasteiger partial charge in [-0.15, -0.1) is 0 Å². The van der Waals surface area contributed by atoms with Gasteiger partial charge in [0.25, 0.3) is 0 Å². The van der Waals surface area contributed by atoms with Gasteiger partial charge in [-0.3, -0.25) is 9.59 Å². The van der Waals surface area contributed by atoms with Crippen LogP contribution in [0.5, 0.6) is 0 Å². The fraction of sp³-hybridized carbons (Fsp3) is 0.440. The Kier molecular flexibility index (Phi) is 5.14. The van der Waals surface area contributed by atoms with Crippen LogP contribution >= 0.6 is 11.6 Å². The molecule has 2 aromatic rings. The number of hydrogen-bond donors (Lipinski definition) is 0. The number of ketones is 1. The Morgan fingerprint density at radius 2 is 1.94 bits per heavy atom. The highest BCUT2D eigenvalue weighted by Gasteiger charge is 2.43. The third-order valence-electron chi connectivity index (χ3n) is 7.38. The van der Waals surface area contributed by atoms with Crippen LogP contribution < -0.4 is 0 Å². The van der Waals surface area contributed by atoms with E-state index < -0.39 is 5.92 Å². The number of carbonyl (C=O) groups excluding carboxylic acids is 2. The van der Waals surface area contributed by atoms with E-state index in [4.69, 9.17) is 11.6 Å². The van der Waals surface area contributed by atoms with Gasteiger partial charge in [-0.1, -0.05) is 17.7 Å². The quantitative estimate of drug-likeness (QED) is 0.657. The molecular weight excluding hydrogens is 415 g/mol. The first kappa shape index (κ1) is 20.7. The maximum atomic E-state index is 14.2. The number of amides is 1. The lowest BCUT2D eigenvalue weighted by Gasteiger charge is -2.42. The molecule has 0 bridgehead atoms. The molecule has 2 heterocycles. The van der Waals surface area contributed by atoms with Crippen molar-refractivity contribution < 1.29 is 18.5 Å². The van der Waals surface area contributed by atoms with Gasteiger partial charge in [-0.2, -0.15) is 0 Å². The average Bonchev–Trinajstić information content (AvgIpc) is 3.31. The van der Waals surface area contributed by atoms with Gasteiger partial charge < -0.3 is 9.38 Å². The summed E-state index contributed by atoms with van der Waals surface area (Å²) in [5.41, 5.74) is 3.36. The minimum atomic E-state index is -0.511. The molecule has 1 saturated heterocycles. The highest BCUT2D eigenvalue weighted by Crippen LogP contribution is 2.40. The molecule has 1 fully saturated rings. The van der Waals surface area contributed by atoms with E-state index in [1.807, 2.05) is 11.0 Å². The summed E-state index contributed by atoms with van der Waals surface area (Å²) in [6, 6.07) is 9.96. The van der Waals surface area contributed by atoms with Gasteiger partial charge in [0, 0.05) is 36.4 Å². The first-order valence-corrected chi connectivity index (χ1v) is 11.5. The second kappa shape index (κ2) is 7.72.